The lowest BCUT2D eigenvalue weighted by atomic mass is 10.0. The second-order valence-electron chi connectivity index (χ2n) is 9.29. The van der Waals surface area contributed by atoms with E-state index in [4.69, 9.17) is 10.5 Å². The Morgan fingerprint density at radius 3 is 2.72 bits per heavy atom. The standard InChI is InChI=1S/C26H30N8O2/c1-26(17-36-18-26)29-10-4-8-23-28-11-9-24(30-23)34-13-5-12-33(14-15-34)21-16-20(31-32-25(21)27)19-6-2-3-7-22(19)35/h2-3,6-7,9,11,16,29,35H,5,10,12-15,17-18H2,1H3,(H2,27,32). The van der Waals surface area contributed by atoms with Crippen LogP contribution < -0.4 is 20.9 Å². The number of hydrogen-bond donors (Lipinski definition) is 3. The summed E-state index contributed by atoms with van der Waals surface area (Å²) < 4.78 is 5.25. The lowest BCUT2D eigenvalue weighted by Crippen LogP contribution is -2.58. The highest BCUT2D eigenvalue weighted by Gasteiger charge is 2.32. The summed E-state index contributed by atoms with van der Waals surface area (Å²) in [5.41, 5.74) is 8.26. The Balaban J connectivity index is 1.26. The summed E-state index contributed by atoms with van der Waals surface area (Å²) in [6.07, 6.45) is 2.68. The summed E-state index contributed by atoms with van der Waals surface area (Å²) in [6, 6.07) is 10.9. The highest BCUT2D eigenvalue weighted by molar-refractivity contribution is 5.74. The van der Waals surface area contributed by atoms with Gasteiger partial charge < -0.3 is 25.4 Å². The van der Waals surface area contributed by atoms with Crippen molar-refractivity contribution in [2.75, 3.05) is 61.5 Å². The molecule has 5 rings (SSSR count). The average Bonchev–Trinajstić information content (AvgIpc) is 3.13. The van der Waals surface area contributed by atoms with Gasteiger partial charge >= 0.3 is 0 Å². The van der Waals surface area contributed by atoms with Gasteiger partial charge in [-0.3, -0.25) is 5.32 Å². The highest BCUT2D eigenvalue weighted by Crippen LogP contribution is 2.31. The van der Waals surface area contributed by atoms with Gasteiger partial charge in [-0.1, -0.05) is 18.1 Å². The van der Waals surface area contributed by atoms with Crippen molar-refractivity contribution >= 4 is 17.3 Å². The second-order valence-corrected chi connectivity index (χ2v) is 9.29. The number of para-hydroxylation sites is 1. The first-order valence-electron chi connectivity index (χ1n) is 12.1. The number of phenolic OH excluding ortho intramolecular Hbond substituents is 1. The molecule has 4 heterocycles. The van der Waals surface area contributed by atoms with Gasteiger partial charge in [-0.25, -0.2) is 9.97 Å². The monoisotopic (exact) mass is 486 g/mol. The molecule has 0 radical (unpaired) electrons. The molecule has 0 amide bonds. The van der Waals surface area contributed by atoms with Crippen molar-refractivity contribution in [1.82, 2.24) is 25.5 Å². The van der Waals surface area contributed by atoms with Gasteiger partial charge in [0.15, 0.2) is 5.82 Å². The fourth-order valence-electron chi connectivity index (χ4n) is 4.33. The van der Waals surface area contributed by atoms with E-state index < -0.39 is 0 Å². The Kier molecular flexibility index (Phi) is 6.84. The van der Waals surface area contributed by atoms with Crippen LogP contribution in [0.1, 0.15) is 19.2 Å². The first-order valence-corrected chi connectivity index (χ1v) is 12.1. The van der Waals surface area contributed by atoms with Crippen LogP contribution in [0.4, 0.5) is 17.3 Å². The number of ether oxygens (including phenoxy) is 1. The summed E-state index contributed by atoms with van der Waals surface area (Å²) in [6.45, 7) is 7.29. The van der Waals surface area contributed by atoms with Crippen LogP contribution >= 0.6 is 0 Å². The summed E-state index contributed by atoms with van der Waals surface area (Å²) in [5, 5.41) is 22.0. The van der Waals surface area contributed by atoms with Crippen molar-refractivity contribution in [3.63, 3.8) is 0 Å². The van der Waals surface area contributed by atoms with Crippen LogP contribution in [0.5, 0.6) is 5.75 Å². The zero-order chi connectivity index (χ0) is 25.0. The van der Waals surface area contributed by atoms with Gasteiger partial charge in [-0.15, -0.1) is 10.2 Å². The fourth-order valence-corrected chi connectivity index (χ4v) is 4.33. The van der Waals surface area contributed by atoms with E-state index in [0.29, 0.717) is 42.7 Å². The number of nitrogen functional groups attached to an aromatic ring is 1. The van der Waals surface area contributed by atoms with Crippen LogP contribution in [0.25, 0.3) is 11.3 Å². The number of hydrogen-bond acceptors (Lipinski definition) is 10. The maximum absolute atomic E-state index is 10.2. The number of benzene rings is 1. The van der Waals surface area contributed by atoms with Gasteiger partial charge in [0.25, 0.3) is 0 Å². The van der Waals surface area contributed by atoms with Gasteiger partial charge in [-0.2, -0.15) is 0 Å². The zero-order valence-electron chi connectivity index (χ0n) is 20.3. The van der Waals surface area contributed by atoms with Crippen molar-refractivity contribution in [3.8, 4) is 28.8 Å². The zero-order valence-corrected chi connectivity index (χ0v) is 20.3. The minimum Gasteiger partial charge on any atom is -0.507 e. The Bertz CT molecular complexity index is 1280. The molecule has 0 aliphatic carbocycles. The Labute approximate surface area is 210 Å². The largest absolute Gasteiger partial charge is 0.507 e. The van der Waals surface area contributed by atoms with E-state index >= 15 is 0 Å². The number of aromatic hydroxyl groups is 1. The first-order chi connectivity index (χ1) is 17.5. The third kappa shape index (κ3) is 5.32. The number of phenols is 1. The van der Waals surface area contributed by atoms with E-state index in [1.54, 1.807) is 18.3 Å². The molecule has 186 valence electrons. The highest BCUT2D eigenvalue weighted by atomic mass is 16.5. The van der Waals surface area contributed by atoms with Crippen LogP contribution in [0.15, 0.2) is 42.6 Å². The number of nitrogens with one attached hydrogen (secondary N) is 1. The number of aromatic nitrogens is 4. The lowest BCUT2D eigenvalue weighted by molar-refractivity contribution is -0.0620. The van der Waals surface area contributed by atoms with E-state index in [9.17, 15) is 5.11 Å². The van der Waals surface area contributed by atoms with Gasteiger partial charge in [-0.05, 0) is 43.5 Å². The van der Waals surface area contributed by atoms with Crippen molar-refractivity contribution in [3.05, 3.63) is 48.4 Å². The maximum Gasteiger partial charge on any atom is 0.206 e. The van der Waals surface area contributed by atoms with E-state index in [1.165, 1.54) is 0 Å². The van der Waals surface area contributed by atoms with Crippen molar-refractivity contribution in [2.45, 2.75) is 18.9 Å². The van der Waals surface area contributed by atoms with Crippen LogP contribution in [-0.2, 0) is 4.74 Å². The van der Waals surface area contributed by atoms with Crippen molar-refractivity contribution < 1.29 is 9.84 Å². The summed E-state index contributed by atoms with van der Waals surface area (Å²) >= 11 is 0. The normalized spacial score (nSPS) is 17.0. The molecular weight excluding hydrogens is 456 g/mol. The van der Waals surface area contributed by atoms with Gasteiger partial charge in [0.1, 0.15) is 11.6 Å². The van der Waals surface area contributed by atoms with Crippen LogP contribution in [0, 0.1) is 11.8 Å². The molecule has 10 heteroatoms. The minimum atomic E-state index is 0.0191. The molecule has 2 fully saturated rings. The molecule has 36 heavy (non-hydrogen) atoms. The minimum absolute atomic E-state index is 0.0191. The predicted octanol–water partition coefficient (Wildman–Crippen LogP) is 1.67. The Morgan fingerprint density at radius 2 is 1.92 bits per heavy atom. The number of anilines is 3. The van der Waals surface area contributed by atoms with E-state index in [2.05, 4.69) is 54.0 Å². The molecular formula is C26H30N8O2. The fraction of sp³-hybridized carbons (Fsp3) is 0.385. The molecule has 2 saturated heterocycles. The molecule has 2 aliphatic rings. The predicted molar refractivity (Wildman–Crippen MR) is 139 cm³/mol. The maximum atomic E-state index is 10.2. The molecule has 3 aromatic rings. The van der Waals surface area contributed by atoms with Crippen molar-refractivity contribution in [2.24, 2.45) is 0 Å². The van der Waals surface area contributed by atoms with Gasteiger partial charge in [0.05, 0.1) is 36.7 Å². The van der Waals surface area contributed by atoms with Crippen LogP contribution in [0.3, 0.4) is 0 Å². The summed E-state index contributed by atoms with van der Waals surface area (Å²) in [7, 11) is 0. The Hall–Kier alpha value is -3.94. The molecule has 2 aromatic heterocycles. The molecule has 0 atom stereocenters. The van der Waals surface area contributed by atoms with Gasteiger partial charge in [0.2, 0.25) is 5.82 Å². The van der Waals surface area contributed by atoms with Crippen LogP contribution in [0.2, 0.25) is 0 Å². The Morgan fingerprint density at radius 1 is 1.11 bits per heavy atom. The van der Waals surface area contributed by atoms with E-state index in [1.807, 2.05) is 24.3 Å². The topological polar surface area (TPSA) is 126 Å². The average molecular weight is 487 g/mol. The van der Waals surface area contributed by atoms with Gasteiger partial charge in [0, 0.05) is 37.9 Å². The molecule has 0 saturated carbocycles. The molecule has 1 aromatic carbocycles. The number of nitrogens with zero attached hydrogens (tertiary/aromatic N) is 6. The second kappa shape index (κ2) is 10.4. The smallest absolute Gasteiger partial charge is 0.206 e. The number of rotatable bonds is 5. The first kappa shape index (κ1) is 23.8. The van der Waals surface area contributed by atoms with Crippen molar-refractivity contribution in [1.29, 1.82) is 0 Å². The molecule has 4 N–H and O–H groups in total. The molecule has 0 bridgehead atoms. The molecule has 0 unspecified atom stereocenters. The molecule has 0 spiro atoms. The SMILES string of the molecule is CC1(NCC#Cc2nccc(N3CCCN(c4cc(-c5ccccc5O)nnc4N)CC3)n2)COC1. The number of nitrogens with two attached hydrogens (primary N) is 1. The summed E-state index contributed by atoms with van der Waals surface area (Å²) in [5.74, 6) is 8.09. The molecule has 2 aliphatic heterocycles. The third-order valence-corrected chi connectivity index (χ3v) is 6.43. The van der Waals surface area contributed by atoms with E-state index in [-0.39, 0.29) is 11.3 Å². The van der Waals surface area contributed by atoms with Crippen LogP contribution in [-0.4, -0.2) is 76.7 Å². The summed E-state index contributed by atoms with van der Waals surface area (Å²) in [4.78, 5) is 13.5. The molecule has 10 nitrogen and oxygen atoms in total. The van der Waals surface area contributed by atoms with E-state index in [0.717, 1.165) is 44.1 Å². The lowest BCUT2D eigenvalue weighted by Gasteiger charge is -2.38. The third-order valence-electron chi connectivity index (χ3n) is 6.43. The quantitative estimate of drug-likeness (QED) is 0.459.